The number of nitrogens with zero attached hydrogens (tertiary/aromatic N) is 1. The van der Waals surface area contributed by atoms with Gasteiger partial charge in [-0.2, -0.15) is 13.2 Å². The van der Waals surface area contributed by atoms with Crippen molar-refractivity contribution >= 4 is 16.9 Å². The average molecular weight is 342 g/mol. The second kappa shape index (κ2) is 6.00. The molecule has 22 heavy (non-hydrogen) atoms. The second-order valence-electron chi connectivity index (χ2n) is 5.27. The Kier molecular flexibility index (Phi) is 4.79. The zero-order chi connectivity index (χ0) is 16.7. The minimum absolute atomic E-state index is 0.289. The molecule has 0 radical (unpaired) electrons. The molecule has 2 aliphatic rings. The molecular formula is C12H17F3N2O4S. The molecule has 6 nitrogen and oxygen atoms in total. The van der Waals surface area contributed by atoms with E-state index in [2.05, 4.69) is 16.9 Å². The molecule has 0 aromatic carbocycles. The Balaban J connectivity index is 2.21. The lowest BCUT2D eigenvalue weighted by Gasteiger charge is -2.45. The summed E-state index contributed by atoms with van der Waals surface area (Å²) in [5, 5.41) is 32.8. The number of ether oxygens (including phenoxy) is 1. The summed E-state index contributed by atoms with van der Waals surface area (Å²) in [5.41, 5.74) is -4.19. The number of amidine groups is 1. The minimum atomic E-state index is -5.01. The van der Waals surface area contributed by atoms with Gasteiger partial charge in [0.15, 0.2) is 10.8 Å². The third-order valence-electron chi connectivity index (χ3n) is 3.61. The minimum Gasteiger partial charge on any atom is -0.388 e. The van der Waals surface area contributed by atoms with Crippen LogP contribution in [0.25, 0.3) is 0 Å². The van der Waals surface area contributed by atoms with Gasteiger partial charge in [-0.05, 0) is 6.92 Å². The molecule has 0 unspecified atom stereocenters. The van der Waals surface area contributed by atoms with Gasteiger partial charge in [0.05, 0.1) is 12.6 Å². The number of aliphatic hydroxyl groups excluding tert-OH is 2. The number of thioether (sulfide) groups is 1. The molecule has 0 spiro atoms. The Morgan fingerprint density at radius 3 is 2.59 bits per heavy atom. The monoisotopic (exact) mass is 342 g/mol. The van der Waals surface area contributed by atoms with Gasteiger partial charge in [0.1, 0.15) is 23.7 Å². The summed E-state index contributed by atoms with van der Waals surface area (Å²) in [6, 6.07) is -0.816. The van der Waals surface area contributed by atoms with Gasteiger partial charge in [-0.1, -0.05) is 17.8 Å². The molecule has 6 atom stereocenters. The van der Waals surface area contributed by atoms with Gasteiger partial charge >= 0.3 is 6.18 Å². The van der Waals surface area contributed by atoms with Crippen molar-refractivity contribution < 1.29 is 33.2 Å². The molecule has 0 amide bonds. The van der Waals surface area contributed by atoms with Crippen LogP contribution in [0.5, 0.6) is 0 Å². The van der Waals surface area contributed by atoms with Gasteiger partial charge in [0.25, 0.3) is 0 Å². The van der Waals surface area contributed by atoms with E-state index in [1.54, 1.807) is 0 Å². The Morgan fingerprint density at radius 1 is 1.41 bits per heavy atom. The van der Waals surface area contributed by atoms with Gasteiger partial charge < -0.3 is 25.4 Å². The van der Waals surface area contributed by atoms with Crippen LogP contribution < -0.4 is 5.32 Å². The summed E-state index contributed by atoms with van der Waals surface area (Å²) in [6.07, 6.45) is -8.93. The Morgan fingerprint density at radius 2 is 2.05 bits per heavy atom. The standard InChI is InChI=1S/C12H17F3N2O4S/c1-3-4-16-10-17-5-6(18)7(19)8(21-9(5)22-10)11(2,20)12(13,14)15/h3,5-9,18-20H,1,4H2,2H3,(H,16,17)/t5-,6-,7+,8+,9-,11+/m1/s1. The highest BCUT2D eigenvalue weighted by Gasteiger charge is 2.63. The maximum atomic E-state index is 12.9. The fraction of sp³-hybridized carbons (Fsp3) is 0.750. The van der Waals surface area contributed by atoms with Crippen molar-refractivity contribution in [2.45, 2.75) is 48.5 Å². The van der Waals surface area contributed by atoms with Gasteiger partial charge in [0, 0.05) is 0 Å². The fourth-order valence-corrected chi connectivity index (χ4v) is 3.38. The van der Waals surface area contributed by atoms with Crippen LogP contribution in [0, 0.1) is 0 Å². The lowest BCUT2D eigenvalue weighted by atomic mass is 9.87. The predicted octanol–water partition coefficient (Wildman–Crippen LogP) is -0.00660. The SMILES string of the molecule is C=CCN=C1N[C@@H]2[C@@H](O)[C@H](O)[C@@H]([C@](C)(O)C(F)(F)F)O[C@@H]2S1. The third-order valence-corrected chi connectivity index (χ3v) is 4.72. The van der Waals surface area contributed by atoms with E-state index in [0.29, 0.717) is 12.1 Å². The highest BCUT2D eigenvalue weighted by molar-refractivity contribution is 8.14. The molecule has 2 rings (SSSR count). The smallest absolute Gasteiger partial charge is 0.388 e. The van der Waals surface area contributed by atoms with Crippen LogP contribution in [0.3, 0.4) is 0 Å². The maximum absolute atomic E-state index is 12.9. The molecule has 0 bridgehead atoms. The van der Waals surface area contributed by atoms with E-state index in [1.807, 2.05) is 0 Å². The van der Waals surface area contributed by atoms with Crippen LogP contribution in [0.15, 0.2) is 17.6 Å². The van der Waals surface area contributed by atoms with Crippen LogP contribution in [0.2, 0.25) is 0 Å². The molecule has 4 N–H and O–H groups in total. The Labute approximate surface area is 129 Å². The van der Waals surface area contributed by atoms with Crippen molar-refractivity contribution in [3.8, 4) is 0 Å². The van der Waals surface area contributed by atoms with E-state index >= 15 is 0 Å². The molecule has 2 aliphatic heterocycles. The molecule has 2 fully saturated rings. The highest BCUT2D eigenvalue weighted by Crippen LogP contribution is 2.42. The Hall–Kier alpha value is -0.810. The summed E-state index contributed by atoms with van der Waals surface area (Å²) >= 11 is 0.990. The zero-order valence-electron chi connectivity index (χ0n) is 11.6. The average Bonchev–Trinajstić information content (AvgIpc) is 2.82. The lowest BCUT2D eigenvalue weighted by molar-refractivity contribution is -0.318. The number of fused-ring (bicyclic) bond motifs is 1. The summed E-state index contributed by atoms with van der Waals surface area (Å²) < 4.78 is 44.0. The first-order chi connectivity index (χ1) is 10.1. The summed E-state index contributed by atoms with van der Waals surface area (Å²) in [5.74, 6) is 0. The normalized spacial score (nSPS) is 40.0. The fourth-order valence-electron chi connectivity index (χ4n) is 2.26. The molecule has 0 aliphatic carbocycles. The molecule has 126 valence electrons. The number of hydrogen-bond acceptors (Lipinski definition) is 6. The van der Waals surface area contributed by atoms with Crippen LogP contribution in [0.4, 0.5) is 13.2 Å². The third kappa shape index (κ3) is 2.98. The van der Waals surface area contributed by atoms with Crippen molar-refractivity contribution in [1.29, 1.82) is 0 Å². The van der Waals surface area contributed by atoms with Gasteiger partial charge in [0.2, 0.25) is 0 Å². The molecule has 0 aromatic heterocycles. The first kappa shape index (κ1) is 17.5. The van der Waals surface area contributed by atoms with Crippen molar-refractivity contribution in [2.75, 3.05) is 6.54 Å². The van der Waals surface area contributed by atoms with E-state index in [9.17, 15) is 28.5 Å². The lowest BCUT2D eigenvalue weighted by Crippen LogP contribution is -2.67. The number of aliphatic imine (C=N–C) groups is 1. The number of alkyl halides is 3. The maximum Gasteiger partial charge on any atom is 0.419 e. The van der Waals surface area contributed by atoms with E-state index in [-0.39, 0.29) is 6.54 Å². The van der Waals surface area contributed by atoms with Gasteiger partial charge in [-0.3, -0.25) is 4.99 Å². The molecule has 2 heterocycles. The summed E-state index contributed by atoms with van der Waals surface area (Å²) in [4.78, 5) is 4.05. The van der Waals surface area contributed by atoms with Crippen LogP contribution >= 0.6 is 11.8 Å². The van der Waals surface area contributed by atoms with Crippen LogP contribution in [0.1, 0.15) is 6.92 Å². The topological polar surface area (TPSA) is 94.3 Å². The summed E-state index contributed by atoms with van der Waals surface area (Å²) in [6.45, 7) is 4.28. The largest absolute Gasteiger partial charge is 0.419 e. The molecule has 0 saturated carbocycles. The quantitative estimate of drug-likeness (QED) is 0.539. The molecule has 0 aromatic rings. The van der Waals surface area contributed by atoms with Crippen LogP contribution in [-0.2, 0) is 4.74 Å². The molecule has 10 heteroatoms. The summed E-state index contributed by atoms with van der Waals surface area (Å²) in [7, 11) is 0. The zero-order valence-corrected chi connectivity index (χ0v) is 12.4. The number of nitrogens with one attached hydrogen (secondary N) is 1. The molecular weight excluding hydrogens is 325 g/mol. The highest BCUT2D eigenvalue weighted by atomic mass is 32.2. The van der Waals surface area contributed by atoms with Crippen molar-refractivity contribution in [3.63, 3.8) is 0 Å². The van der Waals surface area contributed by atoms with Gasteiger partial charge in [-0.15, -0.1) is 6.58 Å². The Bertz CT molecular complexity index is 472. The van der Waals surface area contributed by atoms with E-state index < -0.39 is 41.6 Å². The number of aliphatic hydroxyl groups is 3. The van der Waals surface area contributed by atoms with Crippen molar-refractivity contribution in [2.24, 2.45) is 4.99 Å². The van der Waals surface area contributed by atoms with Crippen molar-refractivity contribution in [1.82, 2.24) is 5.32 Å². The predicted molar refractivity (Wildman–Crippen MR) is 74.4 cm³/mol. The first-order valence-electron chi connectivity index (χ1n) is 6.49. The van der Waals surface area contributed by atoms with E-state index in [4.69, 9.17) is 4.74 Å². The van der Waals surface area contributed by atoms with Gasteiger partial charge in [-0.25, -0.2) is 0 Å². The number of hydrogen-bond donors (Lipinski definition) is 4. The van der Waals surface area contributed by atoms with Crippen molar-refractivity contribution in [3.05, 3.63) is 12.7 Å². The molecule has 2 saturated heterocycles. The van der Waals surface area contributed by atoms with Crippen LogP contribution in [-0.4, -0.2) is 68.6 Å². The second-order valence-corrected chi connectivity index (χ2v) is 6.36. The number of halogens is 3. The van der Waals surface area contributed by atoms with E-state index in [1.165, 1.54) is 6.08 Å². The first-order valence-corrected chi connectivity index (χ1v) is 7.36. The number of rotatable bonds is 3. The van der Waals surface area contributed by atoms with E-state index in [0.717, 1.165) is 11.8 Å².